The quantitative estimate of drug-likeness (QED) is 0.412. The smallest absolute Gasteiger partial charge is 0.0236 e. The largest absolute Gasteiger partial charge is 0.0604 e. The summed E-state index contributed by atoms with van der Waals surface area (Å²) in [4.78, 5) is 0. The summed E-state index contributed by atoms with van der Waals surface area (Å²) < 4.78 is 13.8. The van der Waals surface area contributed by atoms with Crippen molar-refractivity contribution in [2.75, 3.05) is 0 Å². The molecule has 0 heteroatoms. The molecule has 0 aromatic rings. The molecule has 0 amide bonds. The Bertz CT molecular complexity index is 51.6. The van der Waals surface area contributed by atoms with E-state index in [1.807, 2.05) is 20.8 Å². The third kappa shape index (κ3) is 0. The van der Waals surface area contributed by atoms with Crippen LogP contribution in [0, 0.1) is 5.41 Å². The summed E-state index contributed by atoms with van der Waals surface area (Å²) in [5.41, 5.74) is -0.167. The van der Waals surface area contributed by atoms with Crippen LogP contribution in [0.2, 0.25) is 0 Å². The molecule has 0 saturated heterocycles. The van der Waals surface area contributed by atoms with Crippen LogP contribution in [-0.4, -0.2) is 0 Å². The van der Waals surface area contributed by atoms with E-state index in [2.05, 4.69) is 0 Å². The van der Waals surface area contributed by atoms with Crippen LogP contribution in [0.4, 0.5) is 0 Å². The molecule has 0 nitrogen and oxygen atoms in total. The first kappa shape index (κ1) is 2.22. The zero-order chi connectivity index (χ0) is 6.08. The van der Waals surface area contributed by atoms with Crippen molar-refractivity contribution in [2.24, 2.45) is 5.41 Å². The minimum Gasteiger partial charge on any atom is -0.0604 e. The molecule has 0 heterocycles. The molecule has 0 aliphatic rings. The first-order valence-electron chi connectivity index (χ1n) is 2.94. The van der Waals surface area contributed by atoms with Gasteiger partial charge in [0.1, 0.15) is 0 Å². The van der Waals surface area contributed by atoms with E-state index >= 15 is 0 Å². The molecule has 0 radical (unpaired) electrons. The van der Waals surface area contributed by atoms with E-state index in [1.54, 1.807) is 0 Å². The summed E-state index contributed by atoms with van der Waals surface area (Å²) in [6.45, 7) is 4.96. The van der Waals surface area contributed by atoms with Crippen LogP contribution in [0.1, 0.15) is 30.4 Å². The Balaban J connectivity index is 3.54. The predicted octanol–water partition coefficient (Wildman–Crippen LogP) is 2.05. The van der Waals surface area contributed by atoms with Crippen LogP contribution >= 0.6 is 0 Å². The Morgan fingerprint density at radius 3 is 1.60 bits per heavy atom. The minimum absolute atomic E-state index is 0.167. The molecule has 5 heavy (non-hydrogen) atoms. The van der Waals surface area contributed by atoms with Crippen molar-refractivity contribution in [2.45, 2.75) is 27.6 Å². The Hall–Kier alpha value is 0. The number of hydrogen-bond donors (Lipinski definition) is 0. The molecule has 0 saturated carbocycles. The standard InChI is InChI=1S/C5H12/c1-5(2,3)4/h1-4H3/i1D2. The van der Waals surface area contributed by atoms with Gasteiger partial charge in [0.25, 0.3) is 0 Å². The van der Waals surface area contributed by atoms with Crippen molar-refractivity contribution in [3.63, 3.8) is 0 Å². The lowest BCUT2D eigenvalue weighted by Crippen LogP contribution is -1.93. The lowest BCUT2D eigenvalue weighted by atomic mass is 10.0. The molecule has 0 N–H and O–H groups in total. The van der Waals surface area contributed by atoms with Crippen LogP contribution < -0.4 is 0 Å². The average molecular weight is 74.2 g/mol. The Labute approximate surface area is 37.0 Å². The van der Waals surface area contributed by atoms with E-state index in [4.69, 9.17) is 2.74 Å². The molecule has 0 aromatic heterocycles. The van der Waals surface area contributed by atoms with Crippen LogP contribution in [0.15, 0.2) is 0 Å². The molecular formula is C5H12. The topological polar surface area (TPSA) is 0 Å². The highest BCUT2D eigenvalue weighted by Crippen LogP contribution is 2.07. The molecule has 0 bridgehead atoms. The normalized spacial score (nSPS) is 18.4. The molecular weight excluding hydrogens is 60.1 g/mol. The maximum absolute atomic E-state index is 6.90. The van der Waals surface area contributed by atoms with Gasteiger partial charge in [-0.15, -0.1) is 0 Å². The first-order chi connectivity index (χ1) is 2.94. The molecule has 0 aliphatic heterocycles. The van der Waals surface area contributed by atoms with E-state index in [0.717, 1.165) is 0 Å². The van der Waals surface area contributed by atoms with Crippen LogP contribution in [0.5, 0.6) is 0 Å². The van der Waals surface area contributed by atoms with Crippen LogP contribution in [0.25, 0.3) is 0 Å². The molecule has 0 fully saturated rings. The lowest BCUT2D eigenvalue weighted by Gasteiger charge is -2.05. The van der Waals surface area contributed by atoms with Crippen molar-refractivity contribution >= 4 is 0 Å². The molecule has 0 atom stereocenters. The van der Waals surface area contributed by atoms with E-state index in [1.165, 1.54) is 0 Å². The van der Waals surface area contributed by atoms with Gasteiger partial charge < -0.3 is 0 Å². The van der Waals surface area contributed by atoms with E-state index < -0.39 is 6.88 Å². The highest BCUT2D eigenvalue weighted by Gasteiger charge is 1.95. The second-order valence-corrected chi connectivity index (χ2v) is 2.37. The third-order valence-electron chi connectivity index (χ3n) is 0. The minimum atomic E-state index is -0.701. The Kier molecular flexibility index (Phi) is 0.444. The SMILES string of the molecule is [2H]C([2H])C(C)(C)C. The van der Waals surface area contributed by atoms with Crippen molar-refractivity contribution in [1.29, 1.82) is 0 Å². The molecule has 0 rings (SSSR count). The van der Waals surface area contributed by atoms with Gasteiger partial charge in [0, 0.05) is 2.74 Å². The average Bonchev–Trinajstić information content (AvgIpc) is 1.31. The van der Waals surface area contributed by atoms with Gasteiger partial charge in [0.05, 0.1) is 0 Å². The summed E-state index contributed by atoms with van der Waals surface area (Å²) in [5.74, 6) is 0. The molecule has 32 valence electrons. The summed E-state index contributed by atoms with van der Waals surface area (Å²) >= 11 is 0. The zero-order valence-electron chi connectivity index (χ0n) is 6.08. The van der Waals surface area contributed by atoms with Crippen molar-refractivity contribution in [3.8, 4) is 0 Å². The van der Waals surface area contributed by atoms with E-state index in [-0.39, 0.29) is 5.41 Å². The monoisotopic (exact) mass is 74.1 g/mol. The fourth-order valence-corrected chi connectivity index (χ4v) is 0. The zero-order valence-corrected chi connectivity index (χ0v) is 4.08. The lowest BCUT2D eigenvalue weighted by molar-refractivity contribution is 0.469. The fourth-order valence-electron chi connectivity index (χ4n) is 0. The summed E-state index contributed by atoms with van der Waals surface area (Å²) in [5, 5.41) is 0. The van der Waals surface area contributed by atoms with Gasteiger partial charge in [-0.25, -0.2) is 0 Å². The number of rotatable bonds is 0. The number of hydrogen-bond acceptors (Lipinski definition) is 0. The van der Waals surface area contributed by atoms with Gasteiger partial charge in [-0.3, -0.25) is 0 Å². The maximum atomic E-state index is 6.90. The van der Waals surface area contributed by atoms with Gasteiger partial charge in [0.15, 0.2) is 0 Å². The second-order valence-electron chi connectivity index (χ2n) is 2.37. The first-order valence-corrected chi connectivity index (χ1v) is 1.79. The van der Waals surface area contributed by atoms with Crippen molar-refractivity contribution in [3.05, 3.63) is 0 Å². The van der Waals surface area contributed by atoms with Gasteiger partial charge in [-0.05, 0) is 5.41 Å². The van der Waals surface area contributed by atoms with Gasteiger partial charge in [-0.2, -0.15) is 0 Å². The third-order valence-corrected chi connectivity index (χ3v) is 0. The summed E-state index contributed by atoms with van der Waals surface area (Å²) in [6.07, 6.45) is 0. The highest BCUT2D eigenvalue weighted by molar-refractivity contribution is 4.47. The summed E-state index contributed by atoms with van der Waals surface area (Å²) in [7, 11) is 0. The van der Waals surface area contributed by atoms with Crippen molar-refractivity contribution < 1.29 is 2.74 Å². The Morgan fingerprint density at radius 1 is 1.40 bits per heavy atom. The van der Waals surface area contributed by atoms with Crippen molar-refractivity contribution in [1.82, 2.24) is 0 Å². The Morgan fingerprint density at radius 2 is 1.60 bits per heavy atom. The van der Waals surface area contributed by atoms with Crippen LogP contribution in [0.3, 0.4) is 0 Å². The second kappa shape index (κ2) is 1.00. The van der Waals surface area contributed by atoms with E-state index in [0.29, 0.717) is 0 Å². The molecule has 0 aromatic carbocycles. The molecule has 0 unspecified atom stereocenters. The van der Waals surface area contributed by atoms with Gasteiger partial charge >= 0.3 is 0 Å². The fraction of sp³-hybridized carbons (Fsp3) is 1.00. The maximum Gasteiger partial charge on any atom is 0.0236 e. The van der Waals surface area contributed by atoms with Gasteiger partial charge in [-0.1, -0.05) is 27.6 Å². The summed E-state index contributed by atoms with van der Waals surface area (Å²) in [6, 6.07) is 0. The van der Waals surface area contributed by atoms with E-state index in [9.17, 15) is 0 Å². The highest BCUT2D eigenvalue weighted by atomic mass is 14.0. The van der Waals surface area contributed by atoms with Crippen LogP contribution in [-0.2, 0) is 0 Å². The molecule has 0 spiro atoms. The predicted molar refractivity (Wildman–Crippen MR) is 25.1 cm³/mol. The van der Waals surface area contributed by atoms with Gasteiger partial charge in [0.2, 0.25) is 0 Å². The molecule has 0 aliphatic carbocycles.